The van der Waals surface area contributed by atoms with Crippen LogP contribution in [0.1, 0.15) is 73.1 Å². The first-order chi connectivity index (χ1) is 8.23. The summed E-state index contributed by atoms with van der Waals surface area (Å²) in [6.07, 6.45) is 8.15. The molecule has 106 valence electrons. The minimum Gasteiger partial charge on any atom is -0.368 e. The Kier molecular flexibility index (Phi) is 3.81. The molecule has 0 radical (unpaired) electrons. The predicted molar refractivity (Wildman–Crippen MR) is 76.8 cm³/mol. The zero-order valence-electron chi connectivity index (χ0n) is 12.9. The molecule has 0 amide bonds. The Balaban J connectivity index is 1.90. The fourth-order valence-electron chi connectivity index (χ4n) is 3.83. The lowest BCUT2D eigenvalue weighted by Gasteiger charge is -2.36. The largest absolute Gasteiger partial charge is 0.368 e. The van der Waals surface area contributed by atoms with E-state index in [1.54, 1.807) is 0 Å². The second-order valence-corrected chi connectivity index (χ2v) is 7.97. The summed E-state index contributed by atoms with van der Waals surface area (Å²) in [5, 5.41) is 3.81. The van der Waals surface area contributed by atoms with E-state index in [9.17, 15) is 0 Å². The Hall–Kier alpha value is -0.0800. The fraction of sp³-hybridized carbons (Fsp3) is 1.00. The summed E-state index contributed by atoms with van der Waals surface area (Å²) in [6, 6.07) is 0.492. The first kappa shape index (κ1) is 14.3. The van der Waals surface area contributed by atoms with Gasteiger partial charge in [0.05, 0.1) is 11.2 Å². The molecule has 1 heterocycles. The van der Waals surface area contributed by atoms with Gasteiger partial charge < -0.3 is 10.1 Å². The summed E-state index contributed by atoms with van der Waals surface area (Å²) in [5.74, 6) is 0. The molecule has 0 aromatic rings. The minimum absolute atomic E-state index is 0.0225. The van der Waals surface area contributed by atoms with Gasteiger partial charge in [-0.1, -0.05) is 26.2 Å². The lowest BCUT2D eigenvalue weighted by atomic mass is 9.75. The van der Waals surface area contributed by atoms with Crippen molar-refractivity contribution in [2.24, 2.45) is 5.41 Å². The van der Waals surface area contributed by atoms with E-state index in [0.29, 0.717) is 11.5 Å². The smallest absolute Gasteiger partial charge is 0.0787 e. The van der Waals surface area contributed by atoms with Gasteiger partial charge in [0.1, 0.15) is 0 Å². The van der Waals surface area contributed by atoms with Crippen LogP contribution in [0.3, 0.4) is 0 Å². The zero-order valence-corrected chi connectivity index (χ0v) is 12.9. The second kappa shape index (κ2) is 4.79. The number of hydrogen-bond donors (Lipinski definition) is 1. The van der Waals surface area contributed by atoms with Crippen LogP contribution in [-0.4, -0.2) is 23.8 Å². The summed E-state index contributed by atoms with van der Waals surface area (Å²) in [6.45, 7) is 12.5. The molecule has 2 rings (SSSR count). The molecular formula is C16H31NO. The fourth-order valence-corrected chi connectivity index (χ4v) is 3.83. The van der Waals surface area contributed by atoms with Crippen LogP contribution in [0.25, 0.3) is 0 Å². The molecule has 2 fully saturated rings. The molecule has 0 aromatic heterocycles. The van der Waals surface area contributed by atoms with Crippen molar-refractivity contribution >= 4 is 0 Å². The molecule has 1 saturated carbocycles. The highest BCUT2D eigenvalue weighted by Crippen LogP contribution is 2.39. The van der Waals surface area contributed by atoms with E-state index in [1.165, 1.54) is 32.1 Å². The Morgan fingerprint density at radius 2 is 1.61 bits per heavy atom. The normalized spacial score (nSPS) is 33.5. The highest BCUT2D eigenvalue weighted by atomic mass is 16.5. The quantitative estimate of drug-likeness (QED) is 0.824. The summed E-state index contributed by atoms with van der Waals surface area (Å²) in [5.41, 5.74) is 0.504. The third kappa shape index (κ3) is 3.27. The topological polar surface area (TPSA) is 21.3 Å². The molecule has 1 N–H and O–H groups in total. The van der Waals surface area contributed by atoms with Gasteiger partial charge in [0.15, 0.2) is 0 Å². The number of rotatable bonds is 3. The number of nitrogens with one attached hydrogen (secondary N) is 1. The van der Waals surface area contributed by atoms with E-state index in [2.05, 4.69) is 39.9 Å². The molecule has 2 nitrogen and oxygen atoms in total. The van der Waals surface area contributed by atoms with E-state index < -0.39 is 0 Å². The summed E-state index contributed by atoms with van der Waals surface area (Å²) >= 11 is 0. The van der Waals surface area contributed by atoms with Gasteiger partial charge >= 0.3 is 0 Å². The van der Waals surface area contributed by atoms with Crippen LogP contribution in [0.2, 0.25) is 0 Å². The molecule has 0 bridgehead atoms. The molecular weight excluding hydrogens is 222 g/mol. The molecule has 1 saturated heterocycles. The molecule has 1 aliphatic carbocycles. The Morgan fingerprint density at radius 3 is 2.11 bits per heavy atom. The van der Waals surface area contributed by atoms with Crippen LogP contribution < -0.4 is 5.32 Å². The highest BCUT2D eigenvalue weighted by Gasteiger charge is 2.46. The SMILES string of the molecule is CC1(CNC2CC(C)(C)OC2(C)C)CCCCC1. The predicted octanol–water partition coefficient (Wildman–Crippen LogP) is 3.89. The van der Waals surface area contributed by atoms with Gasteiger partial charge in [-0.3, -0.25) is 0 Å². The number of hydrogen-bond acceptors (Lipinski definition) is 2. The summed E-state index contributed by atoms with van der Waals surface area (Å²) in [4.78, 5) is 0. The van der Waals surface area contributed by atoms with Gasteiger partial charge in [0, 0.05) is 12.6 Å². The van der Waals surface area contributed by atoms with E-state index in [-0.39, 0.29) is 11.2 Å². The van der Waals surface area contributed by atoms with Crippen molar-refractivity contribution in [2.75, 3.05) is 6.54 Å². The maximum Gasteiger partial charge on any atom is 0.0787 e. The molecule has 0 aromatic carbocycles. The van der Waals surface area contributed by atoms with E-state index in [1.807, 2.05) is 0 Å². The van der Waals surface area contributed by atoms with E-state index in [4.69, 9.17) is 4.74 Å². The maximum absolute atomic E-state index is 6.16. The van der Waals surface area contributed by atoms with Crippen molar-refractivity contribution in [1.29, 1.82) is 0 Å². The first-order valence-corrected chi connectivity index (χ1v) is 7.66. The molecule has 0 spiro atoms. The Morgan fingerprint density at radius 1 is 1.00 bits per heavy atom. The van der Waals surface area contributed by atoms with E-state index >= 15 is 0 Å². The van der Waals surface area contributed by atoms with Crippen molar-refractivity contribution in [1.82, 2.24) is 5.32 Å². The Bertz CT molecular complexity index is 289. The molecule has 1 unspecified atom stereocenters. The average Bonchev–Trinajstić information content (AvgIpc) is 2.45. The van der Waals surface area contributed by atoms with Crippen LogP contribution in [-0.2, 0) is 4.74 Å². The van der Waals surface area contributed by atoms with Crippen LogP contribution in [0, 0.1) is 5.41 Å². The molecule has 1 aliphatic heterocycles. The van der Waals surface area contributed by atoms with E-state index in [0.717, 1.165) is 13.0 Å². The minimum atomic E-state index is -0.0332. The van der Waals surface area contributed by atoms with Gasteiger partial charge in [-0.25, -0.2) is 0 Å². The first-order valence-electron chi connectivity index (χ1n) is 7.66. The van der Waals surface area contributed by atoms with Crippen LogP contribution in [0.15, 0.2) is 0 Å². The van der Waals surface area contributed by atoms with Gasteiger partial charge in [0.25, 0.3) is 0 Å². The van der Waals surface area contributed by atoms with Gasteiger partial charge in [-0.15, -0.1) is 0 Å². The highest BCUT2D eigenvalue weighted by molar-refractivity contribution is 4.99. The summed E-state index contributed by atoms with van der Waals surface area (Å²) in [7, 11) is 0. The van der Waals surface area contributed by atoms with Crippen molar-refractivity contribution in [3.63, 3.8) is 0 Å². The Labute approximate surface area is 113 Å². The van der Waals surface area contributed by atoms with Crippen LogP contribution in [0.5, 0.6) is 0 Å². The third-order valence-corrected chi connectivity index (χ3v) is 4.91. The van der Waals surface area contributed by atoms with Gasteiger partial charge in [-0.2, -0.15) is 0 Å². The molecule has 2 aliphatic rings. The van der Waals surface area contributed by atoms with Crippen LogP contribution >= 0.6 is 0 Å². The lowest BCUT2D eigenvalue weighted by Crippen LogP contribution is -2.47. The third-order valence-electron chi connectivity index (χ3n) is 4.91. The average molecular weight is 253 g/mol. The summed E-state index contributed by atoms with van der Waals surface area (Å²) < 4.78 is 6.16. The van der Waals surface area contributed by atoms with Gasteiger partial charge in [0.2, 0.25) is 0 Å². The molecule has 1 atom stereocenters. The van der Waals surface area contributed by atoms with Crippen molar-refractivity contribution < 1.29 is 4.74 Å². The molecule has 18 heavy (non-hydrogen) atoms. The lowest BCUT2D eigenvalue weighted by molar-refractivity contribution is -0.0703. The van der Waals surface area contributed by atoms with Crippen molar-refractivity contribution in [2.45, 2.75) is 90.4 Å². The maximum atomic E-state index is 6.16. The molecule has 2 heteroatoms. The van der Waals surface area contributed by atoms with Crippen molar-refractivity contribution in [3.8, 4) is 0 Å². The van der Waals surface area contributed by atoms with Crippen molar-refractivity contribution in [3.05, 3.63) is 0 Å². The monoisotopic (exact) mass is 253 g/mol. The number of ether oxygens (including phenoxy) is 1. The zero-order chi connectivity index (χ0) is 13.4. The standard InChI is InChI=1S/C16H31NO/c1-14(2)11-13(15(3,4)18-14)17-12-16(5)9-7-6-8-10-16/h13,17H,6-12H2,1-5H3. The second-order valence-electron chi connectivity index (χ2n) is 7.97. The van der Waals surface area contributed by atoms with Crippen LogP contribution in [0.4, 0.5) is 0 Å². The van der Waals surface area contributed by atoms with Gasteiger partial charge in [-0.05, 0) is 52.4 Å².